The first-order valence-electron chi connectivity index (χ1n) is 4.09. The summed E-state index contributed by atoms with van der Waals surface area (Å²) in [6, 6.07) is 0.267. The zero-order valence-electron chi connectivity index (χ0n) is 6.84. The lowest BCUT2D eigenvalue weighted by atomic mass is 9.96. The predicted octanol–water partition coefficient (Wildman–Crippen LogP) is 1.15. The molecule has 0 aromatic heterocycles. The quantitative estimate of drug-likeness (QED) is 0.629. The molecule has 1 heterocycles. The molecule has 0 radical (unpaired) electrons. The van der Waals surface area contributed by atoms with Crippen molar-refractivity contribution in [3.8, 4) is 0 Å². The fraction of sp³-hybridized carbons (Fsp3) is 1.00. The number of rotatable bonds is 2. The molecule has 60 valence electrons. The van der Waals surface area contributed by atoms with Crippen LogP contribution in [0.25, 0.3) is 0 Å². The van der Waals surface area contributed by atoms with Gasteiger partial charge in [0.1, 0.15) is 0 Å². The molecular formula is C8H17NO. The summed E-state index contributed by atoms with van der Waals surface area (Å²) in [5.41, 5.74) is 5.74. The highest BCUT2D eigenvalue weighted by Crippen LogP contribution is 2.21. The minimum Gasteiger partial charge on any atom is -0.378 e. The van der Waals surface area contributed by atoms with Gasteiger partial charge in [-0.3, -0.25) is 0 Å². The Morgan fingerprint density at radius 3 is 2.60 bits per heavy atom. The van der Waals surface area contributed by atoms with Gasteiger partial charge in [0.2, 0.25) is 0 Å². The molecule has 2 heteroatoms. The highest BCUT2D eigenvalue weighted by Gasteiger charge is 2.24. The molecular weight excluding hydrogens is 126 g/mol. The second-order valence-corrected chi connectivity index (χ2v) is 3.27. The second kappa shape index (κ2) is 3.35. The van der Waals surface area contributed by atoms with Gasteiger partial charge in [0.05, 0.1) is 6.10 Å². The Balaban J connectivity index is 2.32. The summed E-state index contributed by atoms with van der Waals surface area (Å²) < 4.78 is 5.50. The third kappa shape index (κ3) is 1.70. The SMILES string of the molecule is CC(C1CCCO1)[C@H](C)N. The monoisotopic (exact) mass is 143 g/mol. The van der Waals surface area contributed by atoms with Crippen LogP contribution in [-0.4, -0.2) is 18.8 Å². The summed E-state index contributed by atoms with van der Waals surface area (Å²) in [5, 5.41) is 0. The summed E-state index contributed by atoms with van der Waals surface area (Å²) in [7, 11) is 0. The Kier molecular flexibility index (Phi) is 2.69. The summed E-state index contributed by atoms with van der Waals surface area (Å²) in [6.45, 7) is 5.15. The van der Waals surface area contributed by atoms with Crippen molar-refractivity contribution in [3.05, 3.63) is 0 Å². The van der Waals surface area contributed by atoms with E-state index in [-0.39, 0.29) is 6.04 Å². The first-order chi connectivity index (χ1) is 4.72. The molecule has 1 rings (SSSR count). The van der Waals surface area contributed by atoms with Gasteiger partial charge in [0.25, 0.3) is 0 Å². The van der Waals surface area contributed by atoms with Gasteiger partial charge in [-0.1, -0.05) is 6.92 Å². The van der Waals surface area contributed by atoms with Gasteiger partial charge in [-0.05, 0) is 25.7 Å². The van der Waals surface area contributed by atoms with Gasteiger partial charge < -0.3 is 10.5 Å². The molecule has 2 nitrogen and oxygen atoms in total. The van der Waals surface area contributed by atoms with E-state index in [0.29, 0.717) is 12.0 Å². The molecule has 0 spiro atoms. The molecule has 2 unspecified atom stereocenters. The standard InChI is InChI=1S/C8H17NO/c1-6(7(2)9)8-4-3-5-10-8/h6-8H,3-5,9H2,1-2H3/t6?,7-,8?/m0/s1. The number of nitrogens with two attached hydrogens (primary N) is 1. The van der Waals surface area contributed by atoms with Crippen molar-refractivity contribution in [2.45, 2.75) is 38.8 Å². The summed E-state index contributed by atoms with van der Waals surface area (Å²) in [5.74, 6) is 0.516. The molecule has 1 saturated heterocycles. The number of hydrogen-bond donors (Lipinski definition) is 1. The van der Waals surface area contributed by atoms with Gasteiger partial charge >= 0.3 is 0 Å². The van der Waals surface area contributed by atoms with Crippen molar-refractivity contribution >= 4 is 0 Å². The topological polar surface area (TPSA) is 35.2 Å². The largest absolute Gasteiger partial charge is 0.378 e. The molecule has 3 atom stereocenters. The fourth-order valence-corrected chi connectivity index (χ4v) is 1.36. The first-order valence-corrected chi connectivity index (χ1v) is 4.09. The van der Waals surface area contributed by atoms with Crippen molar-refractivity contribution in [1.82, 2.24) is 0 Å². The Morgan fingerprint density at radius 2 is 2.20 bits per heavy atom. The Labute approximate surface area is 62.7 Å². The van der Waals surface area contributed by atoms with Crippen LogP contribution < -0.4 is 5.73 Å². The van der Waals surface area contributed by atoms with E-state index in [1.54, 1.807) is 0 Å². The lowest BCUT2D eigenvalue weighted by Gasteiger charge is -2.21. The zero-order valence-corrected chi connectivity index (χ0v) is 6.84. The molecule has 0 aromatic rings. The molecule has 0 amide bonds. The Morgan fingerprint density at radius 1 is 1.50 bits per heavy atom. The van der Waals surface area contributed by atoms with E-state index >= 15 is 0 Å². The normalized spacial score (nSPS) is 32.1. The van der Waals surface area contributed by atoms with Crippen LogP contribution in [0.15, 0.2) is 0 Å². The summed E-state index contributed by atoms with van der Waals surface area (Å²) >= 11 is 0. The lowest BCUT2D eigenvalue weighted by Crippen LogP contribution is -2.33. The van der Waals surface area contributed by atoms with Crippen LogP contribution in [0.2, 0.25) is 0 Å². The maximum absolute atomic E-state index is 5.74. The maximum Gasteiger partial charge on any atom is 0.0616 e. The fourth-order valence-electron chi connectivity index (χ4n) is 1.36. The third-order valence-corrected chi connectivity index (χ3v) is 2.38. The van der Waals surface area contributed by atoms with E-state index < -0.39 is 0 Å². The smallest absolute Gasteiger partial charge is 0.0616 e. The van der Waals surface area contributed by atoms with Crippen LogP contribution >= 0.6 is 0 Å². The van der Waals surface area contributed by atoms with Gasteiger partial charge in [-0.15, -0.1) is 0 Å². The molecule has 1 aliphatic rings. The van der Waals surface area contributed by atoms with Crippen LogP contribution in [0.4, 0.5) is 0 Å². The van der Waals surface area contributed by atoms with Crippen molar-refractivity contribution in [1.29, 1.82) is 0 Å². The van der Waals surface area contributed by atoms with E-state index in [1.165, 1.54) is 12.8 Å². The number of hydrogen-bond acceptors (Lipinski definition) is 2. The second-order valence-electron chi connectivity index (χ2n) is 3.27. The molecule has 0 bridgehead atoms. The summed E-state index contributed by atoms with van der Waals surface area (Å²) in [4.78, 5) is 0. The van der Waals surface area contributed by atoms with Crippen LogP contribution in [0.1, 0.15) is 26.7 Å². The van der Waals surface area contributed by atoms with Gasteiger partial charge in [-0.25, -0.2) is 0 Å². The van der Waals surface area contributed by atoms with E-state index in [0.717, 1.165) is 6.61 Å². The molecule has 1 fully saturated rings. The van der Waals surface area contributed by atoms with Crippen molar-refractivity contribution in [2.75, 3.05) is 6.61 Å². The van der Waals surface area contributed by atoms with Crippen LogP contribution in [0.5, 0.6) is 0 Å². The number of ether oxygens (including phenoxy) is 1. The van der Waals surface area contributed by atoms with E-state index in [4.69, 9.17) is 10.5 Å². The minimum absolute atomic E-state index is 0.267. The summed E-state index contributed by atoms with van der Waals surface area (Å²) in [6.07, 6.45) is 2.84. The Bertz CT molecular complexity index is 97.4. The van der Waals surface area contributed by atoms with Gasteiger partial charge in [0.15, 0.2) is 0 Å². The molecule has 10 heavy (non-hydrogen) atoms. The minimum atomic E-state index is 0.267. The average Bonchev–Trinajstić information content (AvgIpc) is 2.36. The van der Waals surface area contributed by atoms with Crippen LogP contribution in [0, 0.1) is 5.92 Å². The van der Waals surface area contributed by atoms with Crippen molar-refractivity contribution < 1.29 is 4.74 Å². The lowest BCUT2D eigenvalue weighted by molar-refractivity contribution is 0.0620. The van der Waals surface area contributed by atoms with Crippen LogP contribution in [0.3, 0.4) is 0 Å². The molecule has 1 aliphatic heterocycles. The van der Waals surface area contributed by atoms with E-state index in [1.807, 2.05) is 6.92 Å². The highest BCUT2D eigenvalue weighted by atomic mass is 16.5. The van der Waals surface area contributed by atoms with Crippen molar-refractivity contribution in [3.63, 3.8) is 0 Å². The average molecular weight is 143 g/mol. The van der Waals surface area contributed by atoms with Gasteiger partial charge in [-0.2, -0.15) is 0 Å². The van der Waals surface area contributed by atoms with Crippen LogP contribution in [-0.2, 0) is 4.74 Å². The van der Waals surface area contributed by atoms with E-state index in [9.17, 15) is 0 Å². The zero-order chi connectivity index (χ0) is 7.56. The van der Waals surface area contributed by atoms with Crippen molar-refractivity contribution in [2.24, 2.45) is 11.7 Å². The third-order valence-electron chi connectivity index (χ3n) is 2.38. The Hall–Kier alpha value is -0.0800. The maximum atomic E-state index is 5.74. The van der Waals surface area contributed by atoms with Gasteiger partial charge in [0, 0.05) is 12.6 Å². The molecule has 0 saturated carbocycles. The molecule has 2 N–H and O–H groups in total. The predicted molar refractivity (Wildman–Crippen MR) is 41.8 cm³/mol. The van der Waals surface area contributed by atoms with E-state index in [2.05, 4.69) is 6.92 Å². The molecule has 0 aliphatic carbocycles. The first kappa shape index (κ1) is 8.02. The highest BCUT2D eigenvalue weighted by molar-refractivity contribution is 4.76. The molecule has 0 aromatic carbocycles.